The highest BCUT2D eigenvalue weighted by molar-refractivity contribution is 4.94. The molecule has 84 valence electrons. The van der Waals surface area contributed by atoms with Gasteiger partial charge in [-0.05, 0) is 44.4 Å². The van der Waals surface area contributed by atoms with Crippen molar-refractivity contribution in [2.45, 2.75) is 71.8 Å². The van der Waals surface area contributed by atoms with Gasteiger partial charge in [-0.1, -0.05) is 33.1 Å². The van der Waals surface area contributed by atoms with E-state index in [4.69, 9.17) is 0 Å². The van der Waals surface area contributed by atoms with Gasteiger partial charge in [0.1, 0.15) is 0 Å². The molecule has 1 rings (SSSR count). The van der Waals surface area contributed by atoms with Crippen molar-refractivity contribution in [2.24, 2.45) is 11.3 Å². The number of aliphatic hydroxyl groups is 1. The lowest BCUT2D eigenvalue weighted by atomic mass is 9.61. The van der Waals surface area contributed by atoms with Crippen molar-refractivity contribution in [1.29, 1.82) is 0 Å². The molecule has 0 spiro atoms. The van der Waals surface area contributed by atoms with Crippen molar-refractivity contribution in [3.05, 3.63) is 0 Å². The fraction of sp³-hybridized carbons (Fsp3) is 1.00. The lowest BCUT2D eigenvalue weighted by Crippen LogP contribution is -2.46. The third kappa shape index (κ3) is 2.13. The van der Waals surface area contributed by atoms with Gasteiger partial charge in [0, 0.05) is 0 Å². The maximum absolute atomic E-state index is 10.3. The van der Waals surface area contributed by atoms with Crippen LogP contribution in [0, 0.1) is 11.3 Å². The summed E-state index contributed by atoms with van der Waals surface area (Å²) >= 11 is 0. The Labute approximate surface area is 88.9 Å². The van der Waals surface area contributed by atoms with Crippen molar-refractivity contribution in [3.8, 4) is 0 Å². The van der Waals surface area contributed by atoms with Crippen LogP contribution in [0.5, 0.6) is 0 Å². The van der Waals surface area contributed by atoms with Gasteiger partial charge < -0.3 is 5.11 Å². The van der Waals surface area contributed by atoms with Crippen LogP contribution in [-0.4, -0.2) is 10.7 Å². The topological polar surface area (TPSA) is 20.2 Å². The van der Waals surface area contributed by atoms with Gasteiger partial charge in [0.2, 0.25) is 0 Å². The van der Waals surface area contributed by atoms with E-state index in [1.807, 2.05) is 13.8 Å². The molecule has 0 aromatic heterocycles. The Bertz CT molecular complexity index is 174. The molecule has 14 heavy (non-hydrogen) atoms. The van der Waals surface area contributed by atoms with Crippen molar-refractivity contribution in [2.75, 3.05) is 0 Å². The highest BCUT2D eigenvalue weighted by atomic mass is 16.3. The molecule has 1 aliphatic rings. The molecular formula is C13H26O. The van der Waals surface area contributed by atoms with Gasteiger partial charge in [-0.3, -0.25) is 0 Å². The minimum Gasteiger partial charge on any atom is -0.390 e. The van der Waals surface area contributed by atoms with Crippen molar-refractivity contribution < 1.29 is 5.11 Å². The fourth-order valence-electron chi connectivity index (χ4n) is 2.96. The van der Waals surface area contributed by atoms with Crippen molar-refractivity contribution in [1.82, 2.24) is 0 Å². The predicted octanol–water partition coefficient (Wildman–Crippen LogP) is 3.75. The molecule has 1 aliphatic carbocycles. The molecule has 0 saturated heterocycles. The SMILES string of the molecule is CC[C@](C)(C1CCCCC1)C(C)(C)O. The quantitative estimate of drug-likeness (QED) is 0.732. The van der Waals surface area contributed by atoms with E-state index in [-0.39, 0.29) is 5.41 Å². The minimum absolute atomic E-state index is 0.105. The first-order valence-electron chi connectivity index (χ1n) is 6.14. The van der Waals surface area contributed by atoms with E-state index in [2.05, 4.69) is 13.8 Å². The smallest absolute Gasteiger partial charge is 0.0647 e. The zero-order chi connectivity index (χ0) is 10.8. The van der Waals surface area contributed by atoms with Crippen LogP contribution >= 0.6 is 0 Å². The first kappa shape index (κ1) is 12.0. The molecule has 0 aliphatic heterocycles. The molecule has 1 atom stereocenters. The zero-order valence-electron chi connectivity index (χ0n) is 10.3. The van der Waals surface area contributed by atoms with E-state index in [0.717, 1.165) is 12.3 Å². The van der Waals surface area contributed by atoms with E-state index in [1.54, 1.807) is 0 Å². The van der Waals surface area contributed by atoms with Crippen LogP contribution in [0.1, 0.15) is 66.2 Å². The summed E-state index contributed by atoms with van der Waals surface area (Å²) in [6, 6.07) is 0. The fourth-order valence-corrected chi connectivity index (χ4v) is 2.96. The minimum atomic E-state index is -0.538. The van der Waals surface area contributed by atoms with Crippen LogP contribution in [0.15, 0.2) is 0 Å². The highest BCUT2D eigenvalue weighted by Crippen LogP contribution is 2.47. The lowest BCUT2D eigenvalue weighted by molar-refractivity contribution is -0.0907. The largest absolute Gasteiger partial charge is 0.390 e. The Balaban J connectivity index is 2.77. The molecule has 0 amide bonds. The van der Waals surface area contributed by atoms with Gasteiger partial charge in [-0.25, -0.2) is 0 Å². The van der Waals surface area contributed by atoms with E-state index in [1.165, 1.54) is 32.1 Å². The highest BCUT2D eigenvalue weighted by Gasteiger charge is 2.44. The molecule has 1 fully saturated rings. The Morgan fingerprint density at radius 2 is 1.57 bits per heavy atom. The molecule has 1 nitrogen and oxygen atoms in total. The van der Waals surface area contributed by atoms with Gasteiger partial charge in [0.25, 0.3) is 0 Å². The summed E-state index contributed by atoms with van der Waals surface area (Å²) in [7, 11) is 0. The van der Waals surface area contributed by atoms with Crippen LogP contribution in [0.25, 0.3) is 0 Å². The van der Waals surface area contributed by atoms with Crippen LogP contribution < -0.4 is 0 Å². The maximum atomic E-state index is 10.3. The molecular weight excluding hydrogens is 172 g/mol. The van der Waals surface area contributed by atoms with Gasteiger partial charge >= 0.3 is 0 Å². The monoisotopic (exact) mass is 198 g/mol. The van der Waals surface area contributed by atoms with Crippen LogP contribution in [-0.2, 0) is 0 Å². The summed E-state index contributed by atoms with van der Waals surface area (Å²) in [5, 5.41) is 10.3. The molecule has 0 aromatic carbocycles. The summed E-state index contributed by atoms with van der Waals surface area (Å²) in [6.07, 6.45) is 7.82. The Morgan fingerprint density at radius 3 is 1.93 bits per heavy atom. The third-order valence-electron chi connectivity index (χ3n) is 4.64. The second-order valence-electron chi connectivity index (χ2n) is 5.66. The normalized spacial score (nSPS) is 24.6. The first-order chi connectivity index (χ1) is 6.42. The molecule has 1 saturated carbocycles. The second-order valence-corrected chi connectivity index (χ2v) is 5.66. The zero-order valence-corrected chi connectivity index (χ0v) is 10.3. The van der Waals surface area contributed by atoms with Gasteiger partial charge in [-0.15, -0.1) is 0 Å². The molecule has 1 heteroatoms. The van der Waals surface area contributed by atoms with E-state index < -0.39 is 5.60 Å². The standard InChI is InChI=1S/C13H26O/c1-5-13(4,12(2,3)14)11-9-7-6-8-10-11/h11,14H,5-10H2,1-4H3/t13-/m1/s1. The lowest BCUT2D eigenvalue weighted by Gasteiger charge is -2.47. The van der Waals surface area contributed by atoms with E-state index >= 15 is 0 Å². The Kier molecular flexibility index (Phi) is 3.63. The summed E-state index contributed by atoms with van der Waals surface area (Å²) in [6.45, 7) is 8.44. The van der Waals surface area contributed by atoms with Crippen LogP contribution in [0.2, 0.25) is 0 Å². The summed E-state index contributed by atoms with van der Waals surface area (Å²) in [5.74, 6) is 0.723. The Hall–Kier alpha value is -0.0400. The van der Waals surface area contributed by atoms with Crippen molar-refractivity contribution in [3.63, 3.8) is 0 Å². The van der Waals surface area contributed by atoms with Crippen LogP contribution in [0.4, 0.5) is 0 Å². The summed E-state index contributed by atoms with van der Waals surface area (Å²) < 4.78 is 0. The summed E-state index contributed by atoms with van der Waals surface area (Å²) in [4.78, 5) is 0. The number of hydrogen-bond acceptors (Lipinski definition) is 1. The average Bonchev–Trinajstić information content (AvgIpc) is 2.16. The van der Waals surface area contributed by atoms with E-state index in [9.17, 15) is 5.11 Å². The van der Waals surface area contributed by atoms with Gasteiger partial charge in [-0.2, -0.15) is 0 Å². The summed E-state index contributed by atoms with van der Waals surface area (Å²) in [5.41, 5.74) is -0.433. The molecule has 0 bridgehead atoms. The third-order valence-corrected chi connectivity index (χ3v) is 4.64. The first-order valence-corrected chi connectivity index (χ1v) is 6.14. The second kappa shape index (κ2) is 4.22. The predicted molar refractivity (Wildman–Crippen MR) is 61.3 cm³/mol. The molecule has 0 heterocycles. The van der Waals surface area contributed by atoms with E-state index in [0.29, 0.717) is 0 Å². The maximum Gasteiger partial charge on any atom is 0.0647 e. The number of rotatable bonds is 3. The average molecular weight is 198 g/mol. The molecule has 0 unspecified atom stereocenters. The Morgan fingerprint density at radius 1 is 1.07 bits per heavy atom. The van der Waals surface area contributed by atoms with Crippen molar-refractivity contribution >= 4 is 0 Å². The molecule has 0 aromatic rings. The molecule has 0 radical (unpaired) electrons. The van der Waals surface area contributed by atoms with Crippen LogP contribution in [0.3, 0.4) is 0 Å². The van der Waals surface area contributed by atoms with Gasteiger partial charge in [0.15, 0.2) is 0 Å². The van der Waals surface area contributed by atoms with Gasteiger partial charge in [0.05, 0.1) is 5.60 Å². The molecule has 1 N–H and O–H groups in total. The number of hydrogen-bond donors (Lipinski definition) is 1.